The molecule has 0 atom stereocenters. The summed E-state index contributed by atoms with van der Waals surface area (Å²) in [5.41, 5.74) is 0.695. The summed E-state index contributed by atoms with van der Waals surface area (Å²) in [5.74, 6) is 2.99. The highest BCUT2D eigenvalue weighted by Gasteiger charge is 2.11. The Morgan fingerprint density at radius 3 is 2.30 bits per heavy atom. The number of hydrogen-bond acceptors (Lipinski definition) is 4. The van der Waals surface area contributed by atoms with E-state index >= 15 is 0 Å². The first kappa shape index (κ1) is 16.9. The van der Waals surface area contributed by atoms with Crippen molar-refractivity contribution in [1.82, 2.24) is 0 Å². The van der Waals surface area contributed by atoms with Gasteiger partial charge in [-0.25, -0.2) is 0 Å². The van der Waals surface area contributed by atoms with Crippen molar-refractivity contribution < 1.29 is 14.3 Å². The Kier molecular flexibility index (Phi) is 8.19. The summed E-state index contributed by atoms with van der Waals surface area (Å²) in [4.78, 5) is 12.0. The molecule has 0 bridgehead atoms. The number of hydrogen-bond donors (Lipinski definition) is 0. The molecule has 3 nitrogen and oxygen atoms in total. The van der Waals surface area contributed by atoms with Crippen molar-refractivity contribution in [1.29, 1.82) is 0 Å². The number of ether oxygens (including phenoxy) is 2. The summed E-state index contributed by atoms with van der Waals surface area (Å²) >= 11 is 1.63. The predicted molar refractivity (Wildman–Crippen MR) is 85.3 cm³/mol. The fourth-order valence-electron chi connectivity index (χ4n) is 1.62. The van der Waals surface area contributed by atoms with Gasteiger partial charge >= 0.3 is 0 Å². The molecule has 0 heterocycles. The number of Topliss-reactive ketones (excluding diaryl/α,β-unsaturated/α-hetero) is 1. The van der Waals surface area contributed by atoms with Gasteiger partial charge in [-0.15, -0.1) is 0 Å². The quantitative estimate of drug-likeness (QED) is 0.606. The van der Waals surface area contributed by atoms with Gasteiger partial charge in [-0.05, 0) is 36.8 Å². The van der Waals surface area contributed by atoms with Crippen LogP contribution in [-0.2, 0) is 0 Å². The van der Waals surface area contributed by atoms with Crippen LogP contribution in [0.4, 0.5) is 0 Å². The molecule has 0 fully saturated rings. The fourth-order valence-corrected chi connectivity index (χ4v) is 2.17. The topological polar surface area (TPSA) is 35.5 Å². The van der Waals surface area contributed by atoms with Crippen LogP contribution < -0.4 is 9.47 Å². The van der Waals surface area contributed by atoms with Crippen molar-refractivity contribution in [3.63, 3.8) is 0 Å². The smallest absolute Gasteiger partial charge is 0.172 e. The Bertz CT molecular complexity index is 418. The lowest BCUT2D eigenvalue weighted by Crippen LogP contribution is -2.06. The summed E-state index contributed by atoms with van der Waals surface area (Å²) in [5, 5.41) is 0. The molecule has 1 rings (SSSR count). The third-order valence-corrected chi connectivity index (χ3v) is 3.50. The molecular weight excluding hydrogens is 272 g/mol. The lowest BCUT2D eigenvalue weighted by molar-refractivity contribution is 0.102. The zero-order valence-corrected chi connectivity index (χ0v) is 13.4. The molecule has 0 spiro atoms. The van der Waals surface area contributed by atoms with E-state index in [1.54, 1.807) is 17.8 Å². The minimum absolute atomic E-state index is 0.139. The van der Waals surface area contributed by atoms with E-state index in [0.29, 0.717) is 30.3 Å². The highest BCUT2D eigenvalue weighted by Crippen LogP contribution is 2.29. The van der Waals surface area contributed by atoms with Crippen LogP contribution in [0.1, 0.15) is 44.0 Å². The normalized spacial score (nSPS) is 10.3. The minimum Gasteiger partial charge on any atom is -0.490 e. The molecule has 0 aliphatic carbocycles. The Hall–Kier alpha value is -1.16. The summed E-state index contributed by atoms with van der Waals surface area (Å²) in [6.07, 6.45) is 1.87. The van der Waals surface area contributed by atoms with Crippen molar-refractivity contribution in [3.8, 4) is 11.5 Å². The van der Waals surface area contributed by atoms with Gasteiger partial charge in [-0.3, -0.25) is 4.79 Å². The second kappa shape index (κ2) is 9.70. The van der Waals surface area contributed by atoms with E-state index in [1.165, 1.54) is 0 Å². The average Bonchev–Trinajstić information content (AvgIpc) is 2.48. The summed E-state index contributed by atoms with van der Waals surface area (Å²) < 4.78 is 11.4. The molecule has 0 unspecified atom stereocenters. The summed E-state index contributed by atoms with van der Waals surface area (Å²) in [6, 6.07) is 5.46. The zero-order valence-electron chi connectivity index (χ0n) is 12.6. The molecule has 112 valence electrons. The predicted octanol–water partition coefficient (Wildman–Crippen LogP) is 4.20. The molecule has 20 heavy (non-hydrogen) atoms. The van der Waals surface area contributed by atoms with Gasteiger partial charge < -0.3 is 9.47 Å². The molecule has 0 N–H and O–H groups in total. The van der Waals surface area contributed by atoms with Gasteiger partial charge in [0.2, 0.25) is 0 Å². The molecule has 0 aliphatic rings. The molecule has 1 aromatic rings. The highest BCUT2D eigenvalue weighted by molar-refractivity contribution is 7.99. The van der Waals surface area contributed by atoms with E-state index in [9.17, 15) is 4.79 Å². The molecule has 0 aliphatic heterocycles. The third-order valence-electron chi connectivity index (χ3n) is 2.63. The number of carbonyl (C=O) groups is 1. The monoisotopic (exact) mass is 296 g/mol. The van der Waals surface area contributed by atoms with Gasteiger partial charge in [-0.1, -0.05) is 20.8 Å². The first-order valence-corrected chi connectivity index (χ1v) is 8.38. The number of thioether (sulfide) groups is 1. The highest BCUT2D eigenvalue weighted by atomic mass is 32.2. The molecule has 0 radical (unpaired) electrons. The third kappa shape index (κ3) is 5.45. The van der Waals surface area contributed by atoms with Crippen molar-refractivity contribution >= 4 is 17.5 Å². The summed E-state index contributed by atoms with van der Waals surface area (Å²) in [7, 11) is 0. The lowest BCUT2D eigenvalue weighted by atomic mass is 10.1. The molecule has 4 heteroatoms. The van der Waals surface area contributed by atoms with Crippen LogP contribution in [0.25, 0.3) is 0 Å². The molecule has 0 amide bonds. The average molecular weight is 296 g/mol. The lowest BCUT2D eigenvalue weighted by Gasteiger charge is -2.13. The molecule has 1 aromatic carbocycles. The van der Waals surface area contributed by atoms with Crippen molar-refractivity contribution in [3.05, 3.63) is 23.8 Å². The number of benzene rings is 1. The maximum atomic E-state index is 12.0. The zero-order chi connectivity index (χ0) is 14.8. The second-order valence-electron chi connectivity index (χ2n) is 4.42. The van der Waals surface area contributed by atoms with Gasteiger partial charge in [0.1, 0.15) is 0 Å². The van der Waals surface area contributed by atoms with Crippen molar-refractivity contribution in [2.45, 2.75) is 33.6 Å². The van der Waals surface area contributed by atoms with Crippen LogP contribution in [0, 0.1) is 0 Å². The van der Waals surface area contributed by atoms with Crippen LogP contribution in [0.15, 0.2) is 18.2 Å². The van der Waals surface area contributed by atoms with Crippen LogP contribution in [0.5, 0.6) is 11.5 Å². The second-order valence-corrected chi connectivity index (χ2v) is 5.69. The van der Waals surface area contributed by atoms with E-state index in [4.69, 9.17) is 9.47 Å². The maximum absolute atomic E-state index is 12.0. The Labute approximate surface area is 126 Å². The van der Waals surface area contributed by atoms with Crippen LogP contribution >= 0.6 is 11.8 Å². The van der Waals surface area contributed by atoms with Gasteiger partial charge in [0, 0.05) is 5.56 Å². The summed E-state index contributed by atoms with van der Waals surface area (Å²) in [6.45, 7) is 7.45. The van der Waals surface area contributed by atoms with Gasteiger partial charge in [0.25, 0.3) is 0 Å². The van der Waals surface area contributed by atoms with Crippen LogP contribution in [-0.4, -0.2) is 30.5 Å². The van der Waals surface area contributed by atoms with Crippen molar-refractivity contribution in [2.24, 2.45) is 0 Å². The number of carbonyl (C=O) groups excluding carboxylic acids is 1. The molecule has 0 aromatic heterocycles. The van der Waals surface area contributed by atoms with E-state index in [2.05, 4.69) is 20.8 Å². The van der Waals surface area contributed by atoms with E-state index in [-0.39, 0.29) is 5.78 Å². The Morgan fingerprint density at radius 2 is 1.70 bits per heavy atom. The maximum Gasteiger partial charge on any atom is 0.172 e. The molecular formula is C16H24O3S. The van der Waals surface area contributed by atoms with Gasteiger partial charge in [0.15, 0.2) is 17.3 Å². The molecule has 0 saturated heterocycles. The number of rotatable bonds is 10. The SMILES string of the molecule is CCCOc1ccc(C(=O)CSCC)cc1OCCC. The first-order valence-electron chi connectivity index (χ1n) is 7.23. The van der Waals surface area contributed by atoms with Crippen LogP contribution in [0.2, 0.25) is 0 Å². The van der Waals surface area contributed by atoms with Crippen LogP contribution in [0.3, 0.4) is 0 Å². The Morgan fingerprint density at radius 1 is 1.05 bits per heavy atom. The van der Waals surface area contributed by atoms with E-state index < -0.39 is 0 Å². The first-order chi connectivity index (χ1) is 9.72. The Balaban J connectivity index is 2.85. The van der Waals surface area contributed by atoms with E-state index in [1.807, 2.05) is 12.1 Å². The van der Waals surface area contributed by atoms with Gasteiger partial charge in [-0.2, -0.15) is 11.8 Å². The standard InChI is InChI=1S/C16H24O3S/c1-4-9-18-15-8-7-13(14(17)12-20-6-3)11-16(15)19-10-5-2/h7-8,11H,4-6,9-10,12H2,1-3H3. The van der Waals surface area contributed by atoms with Crippen molar-refractivity contribution in [2.75, 3.05) is 24.7 Å². The van der Waals surface area contributed by atoms with Gasteiger partial charge in [0.05, 0.1) is 19.0 Å². The number of ketones is 1. The molecule has 0 saturated carbocycles. The largest absolute Gasteiger partial charge is 0.490 e. The van der Waals surface area contributed by atoms with E-state index in [0.717, 1.165) is 24.3 Å². The fraction of sp³-hybridized carbons (Fsp3) is 0.562. The minimum atomic E-state index is 0.139.